The fourth-order valence-electron chi connectivity index (χ4n) is 1.54. The molecule has 0 spiro atoms. The SMILES string of the molecule is Nc1ncc(Br)cc1C(=O)Nc1ccc([N+](=O)[O-])cc1F. The maximum atomic E-state index is 13.7. The zero-order valence-corrected chi connectivity index (χ0v) is 11.9. The third kappa shape index (κ3) is 3.31. The first-order chi connectivity index (χ1) is 9.88. The number of carbonyl (C=O) groups is 1. The van der Waals surface area contributed by atoms with Crippen molar-refractivity contribution < 1.29 is 14.1 Å². The summed E-state index contributed by atoms with van der Waals surface area (Å²) in [6.07, 6.45) is 1.42. The molecule has 0 bridgehead atoms. The van der Waals surface area contributed by atoms with Gasteiger partial charge in [0, 0.05) is 16.7 Å². The quantitative estimate of drug-likeness (QED) is 0.650. The zero-order chi connectivity index (χ0) is 15.6. The number of amides is 1. The van der Waals surface area contributed by atoms with Crippen LogP contribution in [0.25, 0.3) is 0 Å². The van der Waals surface area contributed by atoms with Crippen molar-refractivity contribution in [1.29, 1.82) is 0 Å². The van der Waals surface area contributed by atoms with Gasteiger partial charge in [-0.05, 0) is 28.1 Å². The van der Waals surface area contributed by atoms with Gasteiger partial charge in [-0.25, -0.2) is 9.37 Å². The van der Waals surface area contributed by atoms with Crippen LogP contribution in [0.3, 0.4) is 0 Å². The van der Waals surface area contributed by atoms with Crippen molar-refractivity contribution in [3.8, 4) is 0 Å². The molecule has 1 aromatic heterocycles. The molecule has 0 fully saturated rings. The number of nitrogen functional groups attached to an aromatic ring is 1. The normalized spacial score (nSPS) is 10.2. The summed E-state index contributed by atoms with van der Waals surface area (Å²) in [5, 5.41) is 12.8. The summed E-state index contributed by atoms with van der Waals surface area (Å²) < 4.78 is 14.2. The molecule has 0 saturated carbocycles. The van der Waals surface area contributed by atoms with Gasteiger partial charge in [-0.3, -0.25) is 14.9 Å². The van der Waals surface area contributed by atoms with Crippen LogP contribution in [0.5, 0.6) is 0 Å². The minimum atomic E-state index is -0.918. The van der Waals surface area contributed by atoms with Gasteiger partial charge >= 0.3 is 0 Å². The predicted octanol–water partition coefficient (Wildman–Crippen LogP) is 2.73. The molecule has 0 atom stereocenters. The van der Waals surface area contributed by atoms with Gasteiger partial charge in [0.25, 0.3) is 11.6 Å². The van der Waals surface area contributed by atoms with E-state index in [1.807, 2.05) is 0 Å². The first kappa shape index (κ1) is 14.9. The summed E-state index contributed by atoms with van der Waals surface area (Å²) in [4.78, 5) is 25.6. The predicted molar refractivity (Wildman–Crippen MR) is 77.4 cm³/mol. The number of non-ortho nitro benzene ring substituents is 1. The van der Waals surface area contributed by atoms with Crippen molar-refractivity contribution >= 4 is 39.0 Å². The average Bonchev–Trinajstić information content (AvgIpc) is 2.43. The third-order valence-corrected chi connectivity index (χ3v) is 2.98. The summed E-state index contributed by atoms with van der Waals surface area (Å²) in [6, 6.07) is 4.34. The zero-order valence-electron chi connectivity index (χ0n) is 10.3. The fourth-order valence-corrected chi connectivity index (χ4v) is 1.87. The van der Waals surface area contributed by atoms with Gasteiger partial charge in [0.05, 0.1) is 22.2 Å². The molecule has 108 valence electrons. The minimum absolute atomic E-state index is 0.0157. The van der Waals surface area contributed by atoms with Gasteiger partial charge in [-0.15, -0.1) is 0 Å². The maximum Gasteiger partial charge on any atom is 0.272 e. The summed E-state index contributed by atoms with van der Waals surface area (Å²) in [6.45, 7) is 0. The highest BCUT2D eigenvalue weighted by Crippen LogP contribution is 2.22. The molecular formula is C12H8BrFN4O3. The highest BCUT2D eigenvalue weighted by atomic mass is 79.9. The van der Waals surface area contributed by atoms with E-state index in [9.17, 15) is 19.3 Å². The number of hydrogen-bond donors (Lipinski definition) is 2. The van der Waals surface area contributed by atoms with E-state index in [4.69, 9.17) is 5.73 Å². The molecule has 0 unspecified atom stereocenters. The lowest BCUT2D eigenvalue weighted by Crippen LogP contribution is -2.15. The Balaban J connectivity index is 2.27. The maximum absolute atomic E-state index is 13.7. The number of aromatic nitrogens is 1. The number of nitro benzene ring substituents is 1. The monoisotopic (exact) mass is 354 g/mol. The molecule has 3 N–H and O–H groups in total. The lowest BCUT2D eigenvalue weighted by atomic mass is 10.2. The number of anilines is 2. The molecule has 0 saturated heterocycles. The molecule has 0 aliphatic heterocycles. The number of hydrogen-bond acceptors (Lipinski definition) is 5. The van der Waals surface area contributed by atoms with E-state index < -0.39 is 22.3 Å². The van der Waals surface area contributed by atoms with Gasteiger partial charge < -0.3 is 11.1 Å². The second kappa shape index (κ2) is 5.83. The Morgan fingerprint density at radius 2 is 2.14 bits per heavy atom. The Bertz CT molecular complexity index is 738. The number of rotatable bonds is 3. The highest BCUT2D eigenvalue weighted by molar-refractivity contribution is 9.10. The Morgan fingerprint density at radius 3 is 2.76 bits per heavy atom. The molecule has 0 aliphatic rings. The van der Waals surface area contributed by atoms with E-state index in [0.29, 0.717) is 4.47 Å². The summed E-state index contributed by atoms with van der Waals surface area (Å²) in [5.74, 6) is -1.61. The van der Waals surface area contributed by atoms with Gasteiger partial charge in [-0.1, -0.05) is 0 Å². The molecule has 0 radical (unpaired) electrons. The number of nitrogens with one attached hydrogen (secondary N) is 1. The lowest BCUT2D eigenvalue weighted by Gasteiger charge is -2.08. The van der Waals surface area contributed by atoms with Crippen LogP contribution in [0, 0.1) is 15.9 Å². The van der Waals surface area contributed by atoms with Gasteiger partial charge in [0.1, 0.15) is 5.82 Å². The van der Waals surface area contributed by atoms with Crippen molar-refractivity contribution in [2.45, 2.75) is 0 Å². The van der Waals surface area contributed by atoms with Crippen LogP contribution in [0.1, 0.15) is 10.4 Å². The van der Waals surface area contributed by atoms with Gasteiger partial charge in [0.2, 0.25) is 0 Å². The smallest absolute Gasteiger partial charge is 0.272 e. The van der Waals surface area contributed by atoms with Gasteiger partial charge in [0.15, 0.2) is 5.82 Å². The molecule has 1 amide bonds. The van der Waals surface area contributed by atoms with E-state index in [0.717, 1.165) is 18.2 Å². The Kier molecular flexibility index (Phi) is 4.13. The number of benzene rings is 1. The Hall–Kier alpha value is -2.55. The van der Waals surface area contributed by atoms with E-state index in [1.54, 1.807) is 0 Å². The Labute approximate surface area is 126 Å². The van der Waals surface area contributed by atoms with E-state index in [2.05, 4.69) is 26.2 Å². The molecule has 2 aromatic rings. The minimum Gasteiger partial charge on any atom is -0.383 e. The number of halogens is 2. The molecule has 21 heavy (non-hydrogen) atoms. The molecular weight excluding hydrogens is 347 g/mol. The highest BCUT2D eigenvalue weighted by Gasteiger charge is 2.16. The van der Waals surface area contributed by atoms with Crippen molar-refractivity contribution in [3.05, 3.63) is 56.4 Å². The largest absolute Gasteiger partial charge is 0.383 e. The van der Waals surface area contributed by atoms with E-state index in [-0.39, 0.29) is 17.1 Å². The summed E-state index contributed by atoms with van der Waals surface area (Å²) in [5.41, 5.74) is 5.03. The van der Waals surface area contributed by atoms with Crippen LogP contribution in [0.15, 0.2) is 34.9 Å². The molecule has 0 aliphatic carbocycles. The van der Waals surface area contributed by atoms with Crippen LogP contribution in [0.4, 0.5) is 21.6 Å². The first-order valence-electron chi connectivity index (χ1n) is 5.55. The van der Waals surface area contributed by atoms with E-state index >= 15 is 0 Å². The van der Waals surface area contributed by atoms with Gasteiger partial charge in [-0.2, -0.15) is 0 Å². The van der Waals surface area contributed by atoms with Crippen LogP contribution < -0.4 is 11.1 Å². The number of nitrogens with two attached hydrogens (primary N) is 1. The van der Waals surface area contributed by atoms with Crippen LogP contribution in [0.2, 0.25) is 0 Å². The van der Waals surface area contributed by atoms with Crippen LogP contribution in [-0.2, 0) is 0 Å². The Morgan fingerprint density at radius 1 is 1.43 bits per heavy atom. The molecule has 1 heterocycles. The number of carbonyl (C=O) groups excluding carboxylic acids is 1. The average molecular weight is 355 g/mol. The molecule has 2 rings (SSSR count). The first-order valence-corrected chi connectivity index (χ1v) is 6.34. The molecule has 1 aromatic carbocycles. The number of nitro groups is 1. The van der Waals surface area contributed by atoms with Crippen molar-refractivity contribution in [2.24, 2.45) is 0 Å². The second-order valence-electron chi connectivity index (χ2n) is 3.96. The fraction of sp³-hybridized carbons (Fsp3) is 0. The third-order valence-electron chi connectivity index (χ3n) is 2.54. The molecule has 7 nitrogen and oxygen atoms in total. The lowest BCUT2D eigenvalue weighted by molar-refractivity contribution is -0.385. The number of pyridine rings is 1. The van der Waals surface area contributed by atoms with E-state index in [1.165, 1.54) is 12.3 Å². The molecule has 9 heteroatoms. The van der Waals surface area contributed by atoms with Crippen LogP contribution in [-0.4, -0.2) is 15.8 Å². The van der Waals surface area contributed by atoms with Crippen molar-refractivity contribution in [3.63, 3.8) is 0 Å². The van der Waals surface area contributed by atoms with Crippen molar-refractivity contribution in [2.75, 3.05) is 11.1 Å². The summed E-state index contributed by atoms with van der Waals surface area (Å²) >= 11 is 3.14. The topological polar surface area (TPSA) is 111 Å². The van der Waals surface area contributed by atoms with Crippen molar-refractivity contribution in [1.82, 2.24) is 4.98 Å². The number of nitrogens with zero attached hydrogens (tertiary/aromatic N) is 2. The van der Waals surface area contributed by atoms with Crippen LogP contribution >= 0.6 is 15.9 Å². The second-order valence-corrected chi connectivity index (χ2v) is 4.88. The standard InChI is InChI=1S/C12H8BrFN4O3/c13-6-3-8(11(15)16-5-6)12(19)17-10-2-1-7(18(20)21)4-9(10)14/h1-5H,(H2,15,16)(H,17,19). The summed E-state index contributed by atoms with van der Waals surface area (Å²) in [7, 11) is 0.